The van der Waals surface area contributed by atoms with Gasteiger partial charge in [-0.2, -0.15) is 15.2 Å². The van der Waals surface area contributed by atoms with Crippen LogP contribution in [0.5, 0.6) is 11.8 Å². The summed E-state index contributed by atoms with van der Waals surface area (Å²) in [6.45, 7) is 8.37. The number of hydrogen-bond donors (Lipinski definition) is 1. The van der Waals surface area contributed by atoms with Crippen LogP contribution in [0.1, 0.15) is 44.6 Å². The van der Waals surface area contributed by atoms with Crippen molar-refractivity contribution in [1.82, 2.24) is 24.8 Å². The van der Waals surface area contributed by atoms with Crippen LogP contribution in [0.2, 0.25) is 0 Å². The summed E-state index contributed by atoms with van der Waals surface area (Å²) < 4.78 is 38.2. The van der Waals surface area contributed by atoms with Crippen molar-refractivity contribution in [3.63, 3.8) is 0 Å². The Hall–Kier alpha value is -5.33. The number of carbonyl (C=O) groups is 1. The van der Waals surface area contributed by atoms with Gasteiger partial charge in [0.05, 0.1) is 34.0 Å². The summed E-state index contributed by atoms with van der Waals surface area (Å²) in [6, 6.07) is 7.22. The maximum atomic E-state index is 17.0. The third-order valence-electron chi connectivity index (χ3n) is 10.9. The molecule has 50 heavy (non-hydrogen) atoms. The van der Waals surface area contributed by atoms with Crippen molar-refractivity contribution in [1.29, 1.82) is 5.26 Å². The Kier molecular flexibility index (Phi) is 8.31. The molecule has 256 valence electrons. The van der Waals surface area contributed by atoms with Crippen LogP contribution in [0.25, 0.3) is 32.9 Å². The quantitative estimate of drug-likeness (QED) is 0.189. The van der Waals surface area contributed by atoms with Gasteiger partial charge in [-0.25, -0.2) is 8.78 Å². The third kappa shape index (κ3) is 5.35. The summed E-state index contributed by atoms with van der Waals surface area (Å²) in [6.07, 6.45) is 12.9. The van der Waals surface area contributed by atoms with E-state index < -0.39 is 23.1 Å². The van der Waals surface area contributed by atoms with Gasteiger partial charge >= 0.3 is 6.01 Å². The summed E-state index contributed by atoms with van der Waals surface area (Å²) >= 11 is 0. The second-order valence-corrected chi connectivity index (χ2v) is 13.8. The number of terminal acetylenes is 1. The first-order chi connectivity index (χ1) is 24.0. The molecule has 1 unspecified atom stereocenters. The second-order valence-electron chi connectivity index (χ2n) is 13.8. The summed E-state index contributed by atoms with van der Waals surface area (Å²) in [5, 5.41) is 21.6. The number of anilines is 1. The molecule has 3 aliphatic rings. The maximum absolute atomic E-state index is 17.0. The number of halogens is 2. The smallest absolute Gasteiger partial charge is 0.319 e. The van der Waals surface area contributed by atoms with Crippen LogP contribution in [-0.2, 0) is 4.79 Å². The molecule has 3 fully saturated rings. The number of aromatic nitrogens is 3. The number of nitriles is 1. The van der Waals surface area contributed by atoms with Crippen molar-refractivity contribution < 1.29 is 23.4 Å². The predicted octanol–water partition coefficient (Wildman–Crippen LogP) is 5.57. The second kappa shape index (κ2) is 12.5. The molecule has 2 aromatic carbocycles. The first kappa shape index (κ1) is 33.2. The molecule has 0 bridgehead atoms. The van der Waals surface area contributed by atoms with E-state index >= 15 is 4.39 Å². The molecule has 10 nitrogen and oxygen atoms in total. The number of amides is 1. The lowest BCUT2D eigenvalue weighted by atomic mass is 9.83. The van der Waals surface area contributed by atoms with E-state index in [0.717, 1.165) is 38.8 Å². The molecular weight excluding hydrogens is 640 g/mol. The average Bonchev–Trinajstić information content (AvgIpc) is 3.80. The first-order valence-corrected chi connectivity index (χ1v) is 16.7. The van der Waals surface area contributed by atoms with Gasteiger partial charge in [-0.1, -0.05) is 18.6 Å². The van der Waals surface area contributed by atoms with E-state index in [1.807, 2.05) is 6.92 Å². The van der Waals surface area contributed by atoms with Gasteiger partial charge in [0, 0.05) is 37.3 Å². The van der Waals surface area contributed by atoms with E-state index in [1.54, 1.807) is 16.8 Å². The van der Waals surface area contributed by atoms with Gasteiger partial charge in [-0.05, 0) is 81.8 Å². The summed E-state index contributed by atoms with van der Waals surface area (Å²) in [5.41, 5.74) is -1.25. The minimum absolute atomic E-state index is 0.0341. The highest BCUT2D eigenvalue weighted by molar-refractivity contribution is 6.03. The zero-order valence-corrected chi connectivity index (χ0v) is 28.0. The number of carbonyl (C=O) groups excluding carboxylic acids is 1. The van der Waals surface area contributed by atoms with Crippen molar-refractivity contribution in [2.45, 2.75) is 50.6 Å². The fourth-order valence-electron chi connectivity index (χ4n) is 8.15. The number of benzene rings is 2. The maximum Gasteiger partial charge on any atom is 0.319 e. The lowest BCUT2D eigenvalue weighted by molar-refractivity contribution is -0.127. The lowest BCUT2D eigenvalue weighted by Crippen LogP contribution is -2.47. The van der Waals surface area contributed by atoms with Crippen LogP contribution in [0.4, 0.5) is 14.6 Å². The van der Waals surface area contributed by atoms with Crippen LogP contribution in [0.3, 0.4) is 0 Å². The SMILES string of the molecule is C#Cc1c(F)ccc2cc(O)cc(-c3ncc4c(N(C)C[C@H]5N(C(=O)C=C)CCC5(C)C#N)nc(OCC56CCCN5CCC6)nc4c3F)c12. The molecule has 0 radical (unpaired) electrons. The van der Waals surface area contributed by atoms with E-state index in [4.69, 9.17) is 16.1 Å². The highest BCUT2D eigenvalue weighted by Crippen LogP contribution is 2.42. The Morgan fingerprint density at radius 1 is 1.22 bits per heavy atom. The molecule has 7 rings (SSSR count). The minimum atomic E-state index is -0.848. The van der Waals surface area contributed by atoms with Crippen molar-refractivity contribution in [2.24, 2.45) is 5.41 Å². The van der Waals surface area contributed by atoms with Crippen molar-refractivity contribution >= 4 is 33.4 Å². The zero-order chi connectivity index (χ0) is 35.4. The van der Waals surface area contributed by atoms with Crippen LogP contribution < -0.4 is 9.64 Å². The van der Waals surface area contributed by atoms with Crippen LogP contribution >= 0.6 is 0 Å². The number of hydrogen-bond acceptors (Lipinski definition) is 9. The number of rotatable bonds is 8. The number of phenolic OH excluding ortho intramolecular Hbond substituents is 1. The number of likely N-dealkylation sites (N-methyl/N-ethyl adjacent to an activating group) is 1. The standard InChI is InChI=1S/C38H37F2N7O3/c1-5-25-28(39)10-9-23-17-24(48)18-26(31(23)25)33-32(40)34-27(19-42-33)35(44-36(43-34)50-22-38-11-7-14-46(38)15-8-12-38)45(4)20-29-37(3,21-41)13-16-47(29)30(49)6-2/h1,6,9-10,17-19,29,48H,2,7-8,11-16,20,22H2,3-4H3/t29-,37?/m1/s1. The number of nitrogens with zero attached hydrogens (tertiary/aromatic N) is 7. The van der Waals surface area contributed by atoms with E-state index in [0.29, 0.717) is 30.8 Å². The largest absolute Gasteiger partial charge is 0.508 e. The van der Waals surface area contributed by atoms with Crippen molar-refractivity contribution in [3.8, 4) is 41.4 Å². The van der Waals surface area contributed by atoms with Gasteiger partial charge in [0.15, 0.2) is 5.82 Å². The summed E-state index contributed by atoms with van der Waals surface area (Å²) in [4.78, 5) is 32.5. The average molecular weight is 678 g/mol. The first-order valence-electron chi connectivity index (χ1n) is 16.7. The molecule has 0 spiro atoms. The minimum Gasteiger partial charge on any atom is -0.508 e. The zero-order valence-electron chi connectivity index (χ0n) is 28.0. The van der Waals surface area contributed by atoms with Gasteiger partial charge in [-0.15, -0.1) is 6.42 Å². The number of pyridine rings is 1. The molecule has 1 amide bonds. The van der Waals surface area contributed by atoms with Gasteiger partial charge in [0.1, 0.15) is 35.2 Å². The van der Waals surface area contributed by atoms with Gasteiger partial charge in [0.25, 0.3) is 0 Å². The van der Waals surface area contributed by atoms with E-state index in [1.165, 1.54) is 36.5 Å². The van der Waals surface area contributed by atoms with Gasteiger partial charge in [0.2, 0.25) is 5.91 Å². The molecule has 2 atom stereocenters. The third-order valence-corrected chi connectivity index (χ3v) is 10.9. The topological polar surface area (TPSA) is 119 Å². The van der Waals surface area contributed by atoms with Crippen molar-refractivity contribution in [3.05, 3.63) is 60.3 Å². The Morgan fingerprint density at radius 2 is 1.98 bits per heavy atom. The molecule has 0 saturated carbocycles. The highest BCUT2D eigenvalue weighted by atomic mass is 19.1. The normalized spacial score (nSPS) is 21.2. The number of aromatic hydroxyl groups is 1. The van der Waals surface area contributed by atoms with E-state index in [-0.39, 0.29) is 62.9 Å². The molecule has 4 aromatic rings. The number of fused-ring (bicyclic) bond motifs is 3. The van der Waals surface area contributed by atoms with E-state index in [2.05, 4.69) is 33.4 Å². The van der Waals surface area contributed by atoms with Crippen LogP contribution in [0.15, 0.2) is 43.1 Å². The fourth-order valence-corrected chi connectivity index (χ4v) is 8.15. The molecule has 12 heteroatoms. The molecule has 3 aliphatic heterocycles. The lowest BCUT2D eigenvalue weighted by Gasteiger charge is -2.34. The van der Waals surface area contributed by atoms with Crippen LogP contribution in [0, 0.1) is 40.7 Å². The monoisotopic (exact) mass is 677 g/mol. The Balaban J connectivity index is 1.37. The molecule has 3 saturated heterocycles. The van der Waals surface area contributed by atoms with Crippen LogP contribution in [-0.4, -0.2) is 87.2 Å². The van der Waals surface area contributed by atoms with Crippen molar-refractivity contribution in [2.75, 3.05) is 44.7 Å². The predicted molar refractivity (Wildman–Crippen MR) is 185 cm³/mol. The molecule has 0 aliphatic carbocycles. The number of likely N-dealkylation sites (tertiary alicyclic amines) is 1. The van der Waals surface area contributed by atoms with E-state index in [9.17, 15) is 19.6 Å². The number of ether oxygens (including phenoxy) is 1. The molecule has 5 heterocycles. The molecule has 2 aromatic heterocycles. The molecule has 1 N–H and O–H groups in total. The fraction of sp³-hybridized carbons (Fsp3) is 0.395. The summed E-state index contributed by atoms with van der Waals surface area (Å²) in [5.74, 6) is 0.694. The summed E-state index contributed by atoms with van der Waals surface area (Å²) in [7, 11) is 1.75. The van der Waals surface area contributed by atoms with Gasteiger partial charge < -0.3 is 19.6 Å². The highest BCUT2D eigenvalue weighted by Gasteiger charge is 2.47. The molecular formula is C38H37F2N7O3. The Labute approximate surface area is 289 Å². The Bertz CT molecular complexity index is 2130. The van der Waals surface area contributed by atoms with Gasteiger partial charge in [-0.3, -0.25) is 14.7 Å². The number of phenols is 1. The Morgan fingerprint density at radius 3 is 2.68 bits per heavy atom.